The second kappa shape index (κ2) is 8.06. The highest BCUT2D eigenvalue weighted by molar-refractivity contribution is 7.89. The normalized spacial score (nSPS) is 11.8. The zero-order valence-electron chi connectivity index (χ0n) is 15.6. The summed E-state index contributed by atoms with van der Waals surface area (Å²) in [7, 11) is -3.44. The number of nitrogens with one attached hydrogen (secondary N) is 2. The molecule has 1 aromatic heterocycles. The molecular weight excluding hydrogens is 360 g/mol. The predicted molar refractivity (Wildman–Crippen MR) is 109 cm³/mol. The van der Waals surface area contributed by atoms with Crippen molar-refractivity contribution in [3.8, 4) is 0 Å². The highest BCUT2D eigenvalue weighted by atomic mass is 32.2. The Morgan fingerprint density at radius 2 is 1.78 bits per heavy atom. The van der Waals surface area contributed by atoms with Gasteiger partial charge in [-0.1, -0.05) is 42.5 Å². The first-order valence-corrected chi connectivity index (χ1v) is 10.6. The Morgan fingerprint density at radius 3 is 2.52 bits per heavy atom. The van der Waals surface area contributed by atoms with Gasteiger partial charge in [0.2, 0.25) is 10.0 Å². The summed E-state index contributed by atoms with van der Waals surface area (Å²) >= 11 is 0. The second-order valence-corrected chi connectivity index (χ2v) is 8.75. The van der Waals surface area contributed by atoms with E-state index in [-0.39, 0.29) is 17.9 Å². The van der Waals surface area contributed by atoms with Gasteiger partial charge in [0, 0.05) is 12.1 Å². The number of H-pyrrole nitrogens is 1. The fourth-order valence-electron chi connectivity index (χ4n) is 3.07. The molecule has 2 aromatic carbocycles. The molecule has 5 nitrogen and oxygen atoms in total. The predicted octanol–water partition coefficient (Wildman–Crippen LogP) is 3.20. The van der Waals surface area contributed by atoms with E-state index in [4.69, 9.17) is 0 Å². The highest BCUT2D eigenvalue weighted by Gasteiger charge is 2.12. The molecule has 0 bridgehead atoms. The standard InChI is InChI=1S/C21H24N2O3S/c1-15-10-11-18-13-19(21(24)23-20(18)16(15)2)14-22-27(25,26)12-6-9-17-7-4-3-5-8-17/h3-5,7-8,10-11,13,22H,6,9,12,14H2,1-2H3,(H,23,24). The fourth-order valence-corrected chi connectivity index (χ4v) is 4.12. The van der Waals surface area contributed by atoms with Crippen LogP contribution in [0.25, 0.3) is 10.9 Å². The Bertz CT molecular complexity index is 1100. The van der Waals surface area contributed by atoms with E-state index in [0.29, 0.717) is 18.4 Å². The third kappa shape index (κ3) is 4.84. The van der Waals surface area contributed by atoms with Gasteiger partial charge in [0.15, 0.2) is 0 Å². The highest BCUT2D eigenvalue weighted by Crippen LogP contribution is 2.18. The summed E-state index contributed by atoms with van der Waals surface area (Å²) in [6, 6.07) is 15.5. The molecule has 0 atom stereocenters. The first-order chi connectivity index (χ1) is 12.9. The van der Waals surface area contributed by atoms with Gasteiger partial charge < -0.3 is 4.98 Å². The zero-order chi connectivity index (χ0) is 19.4. The molecule has 0 saturated carbocycles. The van der Waals surface area contributed by atoms with Crippen LogP contribution in [0.4, 0.5) is 0 Å². The van der Waals surface area contributed by atoms with E-state index in [2.05, 4.69) is 9.71 Å². The quantitative estimate of drug-likeness (QED) is 0.657. The van der Waals surface area contributed by atoms with Gasteiger partial charge in [-0.2, -0.15) is 0 Å². The van der Waals surface area contributed by atoms with E-state index >= 15 is 0 Å². The van der Waals surface area contributed by atoms with Crippen LogP contribution in [0.2, 0.25) is 0 Å². The maximum Gasteiger partial charge on any atom is 0.252 e. The van der Waals surface area contributed by atoms with Gasteiger partial charge in [0.1, 0.15) is 0 Å². The van der Waals surface area contributed by atoms with Gasteiger partial charge in [-0.05, 0) is 54.8 Å². The van der Waals surface area contributed by atoms with Crippen molar-refractivity contribution in [1.82, 2.24) is 9.71 Å². The van der Waals surface area contributed by atoms with Crippen molar-refractivity contribution in [2.24, 2.45) is 0 Å². The summed E-state index contributed by atoms with van der Waals surface area (Å²) in [4.78, 5) is 15.2. The van der Waals surface area contributed by atoms with Crippen molar-refractivity contribution < 1.29 is 8.42 Å². The number of hydrogen-bond acceptors (Lipinski definition) is 3. The smallest absolute Gasteiger partial charge is 0.252 e. The Morgan fingerprint density at radius 1 is 1.04 bits per heavy atom. The number of pyridine rings is 1. The van der Waals surface area contributed by atoms with E-state index in [9.17, 15) is 13.2 Å². The molecule has 3 rings (SSSR count). The summed E-state index contributed by atoms with van der Waals surface area (Å²) in [5.41, 5.74) is 4.20. The van der Waals surface area contributed by atoms with Gasteiger partial charge in [-0.15, -0.1) is 0 Å². The van der Waals surface area contributed by atoms with E-state index in [1.54, 1.807) is 6.07 Å². The Kier molecular flexibility index (Phi) is 5.77. The molecule has 0 fully saturated rings. The number of aromatic amines is 1. The molecule has 0 spiro atoms. The van der Waals surface area contributed by atoms with Crippen LogP contribution in [0.5, 0.6) is 0 Å². The maximum absolute atomic E-state index is 12.3. The lowest BCUT2D eigenvalue weighted by Gasteiger charge is -2.09. The molecule has 6 heteroatoms. The monoisotopic (exact) mass is 384 g/mol. The third-order valence-corrected chi connectivity index (χ3v) is 6.24. The number of rotatable bonds is 7. The van der Waals surface area contributed by atoms with Gasteiger partial charge in [-0.25, -0.2) is 13.1 Å². The fraction of sp³-hybridized carbons (Fsp3) is 0.286. The van der Waals surface area contributed by atoms with Crippen LogP contribution in [-0.4, -0.2) is 19.2 Å². The van der Waals surface area contributed by atoms with Crippen LogP contribution in [0, 0.1) is 13.8 Å². The van der Waals surface area contributed by atoms with Crippen LogP contribution in [0.3, 0.4) is 0 Å². The lowest BCUT2D eigenvalue weighted by molar-refractivity contribution is 0.578. The lowest BCUT2D eigenvalue weighted by atomic mass is 10.0. The molecule has 0 aliphatic rings. The van der Waals surface area contributed by atoms with E-state index in [1.807, 2.05) is 56.3 Å². The van der Waals surface area contributed by atoms with Gasteiger partial charge in [0.25, 0.3) is 5.56 Å². The number of benzene rings is 2. The number of aryl methyl sites for hydroxylation is 3. The van der Waals surface area contributed by atoms with Crippen molar-refractivity contribution in [3.63, 3.8) is 0 Å². The molecule has 27 heavy (non-hydrogen) atoms. The van der Waals surface area contributed by atoms with Crippen molar-refractivity contribution in [1.29, 1.82) is 0 Å². The zero-order valence-corrected chi connectivity index (χ0v) is 16.4. The van der Waals surface area contributed by atoms with Gasteiger partial charge in [0.05, 0.1) is 11.3 Å². The molecule has 0 aliphatic carbocycles. The van der Waals surface area contributed by atoms with Crippen molar-refractivity contribution in [2.75, 3.05) is 5.75 Å². The Hall–Kier alpha value is -2.44. The molecule has 0 amide bonds. The summed E-state index contributed by atoms with van der Waals surface area (Å²) in [5, 5.41) is 0.899. The second-order valence-electron chi connectivity index (χ2n) is 6.82. The average molecular weight is 385 g/mol. The van der Waals surface area contributed by atoms with E-state index in [1.165, 1.54) is 0 Å². The van der Waals surface area contributed by atoms with Crippen molar-refractivity contribution in [2.45, 2.75) is 33.2 Å². The minimum absolute atomic E-state index is 0.00807. The molecular formula is C21H24N2O3S. The van der Waals surface area contributed by atoms with Gasteiger partial charge >= 0.3 is 0 Å². The topological polar surface area (TPSA) is 79.0 Å². The minimum Gasteiger partial charge on any atom is -0.321 e. The molecule has 142 valence electrons. The molecule has 0 saturated heterocycles. The SMILES string of the molecule is Cc1ccc2cc(CNS(=O)(=O)CCCc3ccccc3)c(=O)[nH]c2c1C. The number of fused-ring (bicyclic) bond motifs is 1. The lowest BCUT2D eigenvalue weighted by Crippen LogP contribution is -2.29. The van der Waals surface area contributed by atoms with Crippen LogP contribution in [0.15, 0.2) is 53.3 Å². The van der Waals surface area contributed by atoms with Crippen LogP contribution >= 0.6 is 0 Å². The van der Waals surface area contributed by atoms with Crippen LogP contribution in [0.1, 0.15) is 28.7 Å². The summed E-state index contributed by atoms with van der Waals surface area (Å²) in [6.07, 6.45) is 1.24. The molecule has 1 heterocycles. The largest absolute Gasteiger partial charge is 0.321 e. The van der Waals surface area contributed by atoms with Crippen molar-refractivity contribution >= 4 is 20.9 Å². The van der Waals surface area contributed by atoms with E-state index in [0.717, 1.165) is 27.6 Å². The maximum atomic E-state index is 12.3. The van der Waals surface area contributed by atoms with Crippen LogP contribution in [-0.2, 0) is 23.0 Å². The number of aromatic nitrogens is 1. The Balaban J connectivity index is 1.65. The minimum atomic E-state index is -3.44. The first-order valence-electron chi connectivity index (χ1n) is 8.99. The number of sulfonamides is 1. The Labute approximate surface area is 159 Å². The summed E-state index contributed by atoms with van der Waals surface area (Å²) < 4.78 is 27.0. The van der Waals surface area contributed by atoms with Gasteiger partial charge in [-0.3, -0.25) is 4.79 Å². The first kappa shape index (κ1) is 19.3. The van der Waals surface area contributed by atoms with Crippen molar-refractivity contribution in [3.05, 3.63) is 81.1 Å². The molecule has 0 aliphatic heterocycles. The number of hydrogen-bond donors (Lipinski definition) is 2. The van der Waals surface area contributed by atoms with E-state index < -0.39 is 10.0 Å². The summed E-state index contributed by atoms with van der Waals surface area (Å²) in [5.74, 6) is 0.0334. The molecule has 0 unspecified atom stereocenters. The van der Waals surface area contributed by atoms with Crippen LogP contribution < -0.4 is 10.3 Å². The average Bonchev–Trinajstić information content (AvgIpc) is 2.64. The third-order valence-electron chi connectivity index (χ3n) is 4.83. The molecule has 0 radical (unpaired) electrons. The molecule has 3 aromatic rings. The summed E-state index contributed by atoms with van der Waals surface area (Å²) in [6.45, 7) is 3.94. The molecule has 2 N–H and O–H groups in total.